The van der Waals surface area contributed by atoms with Crippen molar-refractivity contribution in [3.8, 4) is 5.75 Å². The highest BCUT2D eigenvalue weighted by Gasteiger charge is 2.22. The molecule has 0 N–H and O–H groups in total. The molecule has 1 aliphatic heterocycles. The normalized spacial score (nSPS) is 13.7. The number of ether oxygens (including phenoxy) is 2. The van der Waals surface area contributed by atoms with Crippen LogP contribution in [0.15, 0.2) is 18.2 Å². The maximum atomic E-state index is 12.0. The van der Waals surface area contributed by atoms with Gasteiger partial charge in [-0.15, -0.1) is 12.4 Å². The molecule has 2 heterocycles. The molecule has 1 aromatic heterocycles. The average molecular weight is 351 g/mol. The fraction of sp³-hybridized carbons (Fsp3) is 0.444. The zero-order valence-corrected chi connectivity index (χ0v) is 15.1. The van der Waals surface area contributed by atoms with E-state index < -0.39 is 0 Å². The summed E-state index contributed by atoms with van der Waals surface area (Å²) in [7, 11) is 1.67. The third-order valence-corrected chi connectivity index (χ3v) is 4.45. The van der Waals surface area contributed by atoms with E-state index in [1.807, 2.05) is 19.1 Å². The van der Waals surface area contributed by atoms with Gasteiger partial charge in [0.2, 0.25) is 0 Å². The van der Waals surface area contributed by atoms with Gasteiger partial charge in [-0.05, 0) is 37.5 Å². The number of fused-ring (bicyclic) bond motifs is 2. The number of hydrogen-bond acceptors (Lipinski definition) is 4. The predicted octanol–water partition coefficient (Wildman–Crippen LogP) is 3.53. The summed E-state index contributed by atoms with van der Waals surface area (Å²) in [5, 5.41) is 1.12. The number of methoxy groups -OCH3 is 1. The van der Waals surface area contributed by atoms with Gasteiger partial charge in [-0.3, -0.25) is 0 Å². The van der Waals surface area contributed by atoms with E-state index in [1.165, 1.54) is 11.1 Å². The quantitative estimate of drug-likeness (QED) is 0.831. The smallest absolute Gasteiger partial charge is 0.409 e. The van der Waals surface area contributed by atoms with Crippen LogP contribution in [0.1, 0.15) is 23.7 Å². The SMILES string of the molecule is CCOC(=O)N1CCc2nc3c(OC)cccc3c(C)c2CC1.Cl. The molecule has 5 nitrogen and oxygen atoms in total. The number of halogens is 1. The number of rotatable bonds is 2. The molecule has 24 heavy (non-hydrogen) atoms. The van der Waals surface area contributed by atoms with Crippen LogP contribution in [-0.2, 0) is 17.6 Å². The number of aromatic nitrogens is 1. The summed E-state index contributed by atoms with van der Waals surface area (Å²) in [6.45, 7) is 5.67. The molecule has 0 unspecified atom stereocenters. The van der Waals surface area contributed by atoms with Crippen molar-refractivity contribution in [3.05, 3.63) is 35.0 Å². The van der Waals surface area contributed by atoms with Gasteiger partial charge in [-0.1, -0.05) is 12.1 Å². The third kappa shape index (κ3) is 3.26. The van der Waals surface area contributed by atoms with Crippen LogP contribution < -0.4 is 4.74 Å². The number of nitrogens with zero attached hydrogens (tertiary/aromatic N) is 2. The fourth-order valence-electron chi connectivity index (χ4n) is 3.22. The first kappa shape index (κ1) is 18.3. The van der Waals surface area contributed by atoms with Crippen molar-refractivity contribution in [3.63, 3.8) is 0 Å². The lowest BCUT2D eigenvalue weighted by Crippen LogP contribution is -2.33. The molecule has 0 saturated carbocycles. The summed E-state index contributed by atoms with van der Waals surface area (Å²) in [4.78, 5) is 18.6. The van der Waals surface area contributed by atoms with Crippen LogP contribution in [0.3, 0.4) is 0 Å². The molecule has 0 spiro atoms. The second-order valence-corrected chi connectivity index (χ2v) is 5.70. The zero-order valence-electron chi connectivity index (χ0n) is 14.3. The molecule has 6 heteroatoms. The van der Waals surface area contributed by atoms with E-state index in [-0.39, 0.29) is 18.5 Å². The van der Waals surface area contributed by atoms with Gasteiger partial charge in [-0.2, -0.15) is 0 Å². The standard InChI is InChI=1S/C18H22N2O3.ClH/c1-4-23-18(21)20-10-8-13-12(2)14-6-5-7-16(22-3)17(14)19-15(13)9-11-20;/h5-7H,4,8-11H2,1-3H3;1H. The molecule has 0 bridgehead atoms. The molecule has 3 rings (SSSR count). The summed E-state index contributed by atoms with van der Waals surface area (Å²) in [6, 6.07) is 6.00. The van der Waals surface area contributed by atoms with Gasteiger partial charge < -0.3 is 14.4 Å². The largest absolute Gasteiger partial charge is 0.494 e. The average Bonchev–Trinajstić information content (AvgIpc) is 2.78. The lowest BCUT2D eigenvalue weighted by Gasteiger charge is -2.18. The van der Waals surface area contributed by atoms with Gasteiger partial charge in [0, 0.05) is 30.6 Å². The summed E-state index contributed by atoms with van der Waals surface area (Å²) in [5.41, 5.74) is 4.44. The van der Waals surface area contributed by atoms with Crippen LogP contribution in [0.2, 0.25) is 0 Å². The Bertz CT molecular complexity index is 749. The van der Waals surface area contributed by atoms with E-state index in [0.29, 0.717) is 19.7 Å². The van der Waals surface area contributed by atoms with Crippen molar-refractivity contribution < 1.29 is 14.3 Å². The van der Waals surface area contributed by atoms with Crippen molar-refractivity contribution >= 4 is 29.4 Å². The van der Waals surface area contributed by atoms with E-state index in [9.17, 15) is 4.79 Å². The third-order valence-electron chi connectivity index (χ3n) is 4.45. The summed E-state index contributed by atoms with van der Waals surface area (Å²) >= 11 is 0. The van der Waals surface area contributed by atoms with E-state index in [2.05, 4.69) is 13.0 Å². The molecule has 130 valence electrons. The summed E-state index contributed by atoms with van der Waals surface area (Å²) in [5.74, 6) is 0.792. The second kappa shape index (κ2) is 7.71. The Kier molecular flexibility index (Phi) is 5.89. The number of benzene rings is 1. The monoisotopic (exact) mass is 350 g/mol. The molecule has 1 aromatic carbocycles. The number of carbonyl (C=O) groups excluding carboxylic acids is 1. The minimum atomic E-state index is -0.236. The molecular formula is C18H23ClN2O3. The highest BCUT2D eigenvalue weighted by atomic mass is 35.5. The summed E-state index contributed by atoms with van der Waals surface area (Å²) < 4.78 is 10.6. The minimum absolute atomic E-state index is 0. The van der Waals surface area contributed by atoms with Crippen molar-refractivity contribution in [2.24, 2.45) is 0 Å². The van der Waals surface area contributed by atoms with Gasteiger partial charge in [-0.25, -0.2) is 9.78 Å². The van der Waals surface area contributed by atoms with Crippen LogP contribution in [0, 0.1) is 6.92 Å². The van der Waals surface area contributed by atoms with E-state index in [4.69, 9.17) is 14.5 Å². The fourth-order valence-corrected chi connectivity index (χ4v) is 3.22. The molecule has 0 aliphatic carbocycles. The highest BCUT2D eigenvalue weighted by Crippen LogP contribution is 2.30. The summed E-state index contributed by atoms with van der Waals surface area (Å²) in [6.07, 6.45) is 1.31. The Hall–Kier alpha value is -2.01. The number of hydrogen-bond donors (Lipinski definition) is 0. The van der Waals surface area contributed by atoms with Crippen molar-refractivity contribution in [1.29, 1.82) is 0 Å². The second-order valence-electron chi connectivity index (χ2n) is 5.70. The van der Waals surface area contributed by atoms with Gasteiger partial charge in [0.25, 0.3) is 0 Å². The molecule has 1 aliphatic rings. The van der Waals surface area contributed by atoms with Gasteiger partial charge in [0.1, 0.15) is 11.3 Å². The predicted molar refractivity (Wildman–Crippen MR) is 96.3 cm³/mol. The molecule has 0 saturated heterocycles. The van der Waals surface area contributed by atoms with E-state index in [1.54, 1.807) is 12.0 Å². The van der Waals surface area contributed by atoms with E-state index >= 15 is 0 Å². The molecular weight excluding hydrogens is 328 g/mol. The van der Waals surface area contributed by atoms with Crippen LogP contribution in [0.25, 0.3) is 10.9 Å². The van der Waals surface area contributed by atoms with E-state index in [0.717, 1.165) is 35.2 Å². The molecule has 0 atom stereocenters. The minimum Gasteiger partial charge on any atom is -0.494 e. The van der Waals surface area contributed by atoms with Crippen LogP contribution in [0.5, 0.6) is 5.75 Å². The van der Waals surface area contributed by atoms with Crippen LogP contribution in [0.4, 0.5) is 4.79 Å². The lowest BCUT2D eigenvalue weighted by atomic mass is 9.98. The maximum absolute atomic E-state index is 12.0. The molecule has 0 radical (unpaired) electrons. The van der Waals surface area contributed by atoms with Gasteiger partial charge in [0.15, 0.2) is 0 Å². The Morgan fingerprint density at radius 2 is 2.04 bits per heavy atom. The molecule has 0 fully saturated rings. The zero-order chi connectivity index (χ0) is 16.4. The topological polar surface area (TPSA) is 51.7 Å². The Morgan fingerprint density at radius 1 is 1.29 bits per heavy atom. The Balaban J connectivity index is 0.00000208. The van der Waals surface area contributed by atoms with Crippen molar-refractivity contribution in [2.45, 2.75) is 26.7 Å². The number of para-hydroxylation sites is 1. The Morgan fingerprint density at radius 3 is 2.75 bits per heavy atom. The molecule has 1 amide bonds. The number of pyridine rings is 1. The number of carbonyl (C=O) groups is 1. The first-order valence-corrected chi connectivity index (χ1v) is 8.02. The van der Waals surface area contributed by atoms with Crippen LogP contribution >= 0.6 is 12.4 Å². The lowest BCUT2D eigenvalue weighted by molar-refractivity contribution is 0.109. The number of aryl methyl sites for hydroxylation is 1. The molecule has 2 aromatic rings. The number of amides is 1. The Labute approximate surface area is 148 Å². The van der Waals surface area contributed by atoms with Gasteiger partial charge >= 0.3 is 6.09 Å². The first-order valence-electron chi connectivity index (χ1n) is 8.02. The maximum Gasteiger partial charge on any atom is 0.409 e. The van der Waals surface area contributed by atoms with Crippen molar-refractivity contribution in [1.82, 2.24) is 9.88 Å². The first-order chi connectivity index (χ1) is 11.2. The van der Waals surface area contributed by atoms with Gasteiger partial charge in [0.05, 0.1) is 13.7 Å². The van der Waals surface area contributed by atoms with Crippen molar-refractivity contribution in [2.75, 3.05) is 26.8 Å². The highest BCUT2D eigenvalue weighted by molar-refractivity contribution is 5.88. The van der Waals surface area contributed by atoms with Crippen LogP contribution in [-0.4, -0.2) is 42.8 Å².